The second-order valence-electron chi connectivity index (χ2n) is 9.45. The van der Waals surface area contributed by atoms with Crippen molar-refractivity contribution < 1.29 is 13.5 Å². The number of fused-ring (bicyclic) bond motifs is 4. The fraction of sp³-hybridized carbons (Fsp3) is 0.333. The maximum atomic E-state index is 16.5. The van der Waals surface area contributed by atoms with Crippen LogP contribution in [-0.4, -0.2) is 27.5 Å². The summed E-state index contributed by atoms with van der Waals surface area (Å²) in [4.78, 5) is 15.7. The maximum Gasteiger partial charge on any atom is 0.226 e. The molecule has 2 atom stereocenters. The van der Waals surface area contributed by atoms with Crippen LogP contribution in [0.2, 0.25) is 0 Å². The van der Waals surface area contributed by atoms with Crippen molar-refractivity contribution in [2.45, 2.75) is 45.4 Å². The van der Waals surface area contributed by atoms with Gasteiger partial charge in [-0.15, -0.1) is 23.7 Å². The molecule has 0 aliphatic carbocycles. The van der Waals surface area contributed by atoms with Crippen LogP contribution in [0.1, 0.15) is 42.9 Å². The Bertz CT molecular complexity index is 1670. The minimum atomic E-state index is -0.614. The van der Waals surface area contributed by atoms with E-state index in [4.69, 9.17) is 21.9 Å². The molecule has 37 heavy (non-hydrogen) atoms. The number of halogens is 2. The molecule has 2 unspecified atom stereocenters. The highest BCUT2D eigenvalue weighted by Crippen LogP contribution is 2.45. The predicted octanol–water partition coefficient (Wildman–Crippen LogP) is 5.30. The molecule has 0 bridgehead atoms. The average molecular weight is 517 g/mol. The number of aromatic nitrogens is 3. The summed E-state index contributed by atoms with van der Waals surface area (Å²) in [6, 6.07) is 2.20. The lowest BCUT2D eigenvalue weighted by atomic mass is 9.94. The van der Waals surface area contributed by atoms with E-state index in [1.54, 1.807) is 6.20 Å². The molecule has 2 aliphatic rings. The summed E-state index contributed by atoms with van der Waals surface area (Å²) in [6.07, 6.45) is 10.6. The Morgan fingerprint density at radius 2 is 2.08 bits per heavy atom. The summed E-state index contributed by atoms with van der Waals surface area (Å²) in [7, 11) is 0. The fourth-order valence-electron chi connectivity index (χ4n) is 5.61. The summed E-state index contributed by atoms with van der Waals surface area (Å²) in [5.41, 5.74) is 7.90. The van der Waals surface area contributed by atoms with Gasteiger partial charge in [-0.1, -0.05) is 6.92 Å². The Kier molecular flexibility index (Phi) is 5.67. The van der Waals surface area contributed by atoms with Crippen LogP contribution in [0.3, 0.4) is 0 Å². The highest BCUT2D eigenvalue weighted by molar-refractivity contribution is 7.23. The fourth-order valence-corrected chi connectivity index (χ4v) is 6.53. The minimum Gasteiger partial charge on any atom is -0.389 e. The molecule has 0 spiro atoms. The van der Waals surface area contributed by atoms with Crippen LogP contribution in [0.15, 0.2) is 12.4 Å². The van der Waals surface area contributed by atoms with Gasteiger partial charge >= 0.3 is 0 Å². The summed E-state index contributed by atoms with van der Waals surface area (Å²) >= 11 is 0.948. The van der Waals surface area contributed by atoms with Crippen molar-refractivity contribution in [3.63, 3.8) is 0 Å². The monoisotopic (exact) mass is 516 g/mol. The maximum absolute atomic E-state index is 16.5. The van der Waals surface area contributed by atoms with Crippen LogP contribution >= 0.6 is 11.3 Å². The van der Waals surface area contributed by atoms with Crippen LogP contribution in [0.4, 0.5) is 19.7 Å². The number of ether oxygens (including phenoxy) is 1. The Labute approximate surface area is 215 Å². The lowest BCUT2D eigenvalue weighted by Gasteiger charge is -2.27. The van der Waals surface area contributed by atoms with Gasteiger partial charge in [-0.05, 0) is 29.9 Å². The van der Waals surface area contributed by atoms with Crippen LogP contribution < -0.4 is 10.6 Å². The molecule has 0 radical (unpaired) electrons. The normalized spacial score (nSPS) is 18.9. The predicted molar refractivity (Wildman–Crippen MR) is 139 cm³/mol. The Morgan fingerprint density at radius 3 is 2.86 bits per heavy atom. The van der Waals surface area contributed by atoms with Crippen molar-refractivity contribution in [2.75, 3.05) is 17.2 Å². The van der Waals surface area contributed by atoms with E-state index < -0.39 is 11.6 Å². The van der Waals surface area contributed by atoms with E-state index in [1.165, 1.54) is 0 Å². The third kappa shape index (κ3) is 3.51. The number of nitrogen functional groups attached to an aromatic ring is 1. The third-order valence-electron chi connectivity index (χ3n) is 7.46. The second-order valence-corrected chi connectivity index (χ2v) is 10.5. The van der Waals surface area contributed by atoms with Gasteiger partial charge in [-0.3, -0.25) is 4.98 Å². The number of anilines is 2. The van der Waals surface area contributed by atoms with E-state index in [-0.39, 0.29) is 56.7 Å². The molecule has 0 saturated carbocycles. The summed E-state index contributed by atoms with van der Waals surface area (Å²) in [5, 5.41) is 10.7. The van der Waals surface area contributed by atoms with Gasteiger partial charge in [0.15, 0.2) is 11.6 Å². The van der Waals surface area contributed by atoms with Crippen molar-refractivity contribution in [1.29, 1.82) is 5.26 Å². The van der Waals surface area contributed by atoms with Gasteiger partial charge in [-0.2, -0.15) is 5.26 Å². The van der Waals surface area contributed by atoms with Gasteiger partial charge in [0.05, 0.1) is 35.4 Å². The molecule has 1 aromatic carbocycles. The highest BCUT2D eigenvalue weighted by atomic mass is 32.1. The molecule has 0 amide bonds. The zero-order valence-corrected chi connectivity index (χ0v) is 20.8. The Balaban J connectivity index is 1.60. The first-order valence-corrected chi connectivity index (χ1v) is 12.8. The van der Waals surface area contributed by atoms with Crippen molar-refractivity contribution in [3.05, 3.63) is 40.7 Å². The number of terminal acetylenes is 1. The van der Waals surface area contributed by atoms with Gasteiger partial charge in [0, 0.05) is 41.5 Å². The number of nitrogens with two attached hydrogens (primary N) is 1. The van der Waals surface area contributed by atoms with Crippen LogP contribution in [0.5, 0.6) is 0 Å². The molecule has 4 aromatic rings. The molecule has 2 aliphatic heterocycles. The van der Waals surface area contributed by atoms with Gasteiger partial charge < -0.3 is 15.4 Å². The molecule has 6 rings (SSSR count). The topological polar surface area (TPSA) is 101 Å². The van der Waals surface area contributed by atoms with Crippen LogP contribution in [0, 0.1) is 41.2 Å². The number of rotatable bonds is 4. The molecule has 10 heteroatoms. The van der Waals surface area contributed by atoms with Crippen molar-refractivity contribution in [2.24, 2.45) is 5.92 Å². The molecule has 1 fully saturated rings. The molecule has 2 N–H and O–H groups in total. The first-order chi connectivity index (χ1) is 17.9. The zero-order chi connectivity index (χ0) is 25.8. The van der Waals surface area contributed by atoms with Gasteiger partial charge in [0.1, 0.15) is 16.6 Å². The first-order valence-electron chi connectivity index (χ1n) is 12.0. The van der Waals surface area contributed by atoms with Gasteiger partial charge in [0.25, 0.3) is 0 Å². The average Bonchev–Trinajstić information content (AvgIpc) is 3.61. The van der Waals surface area contributed by atoms with E-state index in [1.807, 2.05) is 6.07 Å². The van der Waals surface area contributed by atoms with E-state index in [9.17, 15) is 9.65 Å². The summed E-state index contributed by atoms with van der Waals surface area (Å²) in [6.45, 7) is 3.34. The van der Waals surface area contributed by atoms with Gasteiger partial charge in [0.2, 0.25) is 5.95 Å². The van der Waals surface area contributed by atoms with Crippen molar-refractivity contribution in [1.82, 2.24) is 15.0 Å². The number of thiophene rings is 1. The lowest BCUT2D eigenvalue weighted by molar-refractivity contribution is 0.135. The van der Waals surface area contributed by atoms with Gasteiger partial charge in [-0.25, -0.2) is 18.7 Å². The largest absolute Gasteiger partial charge is 0.389 e. The molecule has 5 heterocycles. The number of hydrogen-bond donors (Lipinski definition) is 1. The first kappa shape index (κ1) is 23.5. The molecule has 1 saturated heterocycles. The number of nitriles is 1. The molecule has 186 valence electrons. The molecule has 3 aromatic heterocycles. The standard InChI is InChI=1S/C27H22F2N6OS/c1-3-4-5-19-13(2)6-7-35(19)27-33-9-15-16-11-36-12-17(16)20(22(29)23(15)34-27)24-21-14(8-30)26(31)37-25(21)18(28)10-32-24/h1,9-10,13,19H,4-7,11-12,31H2,2H3. The van der Waals surface area contributed by atoms with Crippen molar-refractivity contribution >= 4 is 43.3 Å². The Hall–Kier alpha value is -3.86. The highest BCUT2D eigenvalue weighted by Gasteiger charge is 2.34. The van der Waals surface area contributed by atoms with E-state index >= 15 is 4.39 Å². The lowest BCUT2D eigenvalue weighted by Crippen LogP contribution is -2.33. The number of hydrogen-bond acceptors (Lipinski definition) is 8. The van der Waals surface area contributed by atoms with E-state index in [2.05, 4.69) is 27.7 Å². The minimum absolute atomic E-state index is 0.0833. The van der Waals surface area contributed by atoms with Crippen LogP contribution in [-0.2, 0) is 18.0 Å². The van der Waals surface area contributed by atoms with E-state index in [0.717, 1.165) is 42.5 Å². The quantitative estimate of drug-likeness (QED) is 0.368. The molecular weight excluding hydrogens is 494 g/mol. The summed E-state index contributed by atoms with van der Waals surface area (Å²) in [5.74, 6) is 2.33. The van der Waals surface area contributed by atoms with E-state index in [0.29, 0.717) is 29.2 Å². The Morgan fingerprint density at radius 1 is 1.27 bits per heavy atom. The zero-order valence-electron chi connectivity index (χ0n) is 20.0. The van der Waals surface area contributed by atoms with Crippen molar-refractivity contribution in [3.8, 4) is 29.7 Å². The third-order valence-corrected chi connectivity index (χ3v) is 8.48. The number of pyridine rings is 1. The second kappa shape index (κ2) is 8.91. The summed E-state index contributed by atoms with van der Waals surface area (Å²) < 4.78 is 37.0. The smallest absolute Gasteiger partial charge is 0.226 e. The number of nitrogens with zero attached hydrogens (tertiary/aromatic N) is 5. The van der Waals surface area contributed by atoms with Crippen LogP contribution in [0.25, 0.3) is 32.2 Å². The SMILES string of the molecule is C#CCCC1C(C)CCN1c1ncc2c3c(c(-c4ncc(F)c5sc(N)c(C#N)c45)c(F)c2n1)COC3. The molecule has 7 nitrogen and oxygen atoms in total. The molecular formula is C27H22F2N6OS. The number of benzene rings is 1.